The summed E-state index contributed by atoms with van der Waals surface area (Å²) in [6, 6.07) is 22.0. The number of sulfonamides is 1. The predicted octanol–water partition coefficient (Wildman–Crippen LogP) is 2.69. The number of nitrogens with one attached hydrogen (secondary N) is 2. The molecule has 3 aromatic carbocycles. The number of rotatable bonds is 11. The zero-order valence-corrected chi connectivity index (χ0v) is 19.5. The molecule has 0 aromatic heterocycles. The van der Waals surface area contributed by atoms with Crippen LogP contribution in [0.3, 0.4) is 0 Å². The first kappa shape index (κ1) is 24.9. The van der Waals surface area contributed by atoms with Crippen molar-refractivity contribution in [3.8, 4) is 5.75 Å². The minimum Gasteiger partial charge on any atom is -0.497 e. The Morgan fingerprint density at radius 3 is 2.32 bits per heavy atom. The second kappa shape index (κ2) is 12.0. The van der Waals surface area contributed by atoms with E-state index in [9.17, 15) is 18.0 Å². The molecule has 0 saturated carbocycles. The fourth-order valence-electron chi connectivity index (χ4n) is 3.05. The molecule has 3 aromatic rings. The van der Waals surface area contributed by atoms with Crippen molar-refractivity contribution in [3.05, 3.63) is 95.6 Å². The van der Waals surface area contributed by atoms with E-state index in [0.717, 1.165) is 16.9 Å². The maximum Gasteiger partial charge on any atom is 0.338 e. The number of benzene rings is 3. The molecule has 2 N–H and O–H groups in total. The first-order valence-corrected chi connectivity index (χ1v) is 12.1. The summed E-state index contributed by atoms with van der Waals surface area (Å²) in [4.78, 5) is 24.3. The highest BCUT2D eigenvalue weighted by Gasteiger charge is 2.17. The van der Waals surface area contributed by atoms with Crippen LogP contribution >= 0.6 is 0 Å². The lowest BCUT2D eigenvalue weighted by Crippen LogP contribution is -2.30. The number of carbonyl (C=O) groups is 2. The molecule has 0 aliphatic rings. The van der Waals surface area contributed by atoms with Crippen LogP contribution in [-0.2, 0) is 32.5 Å². The van der Waals surface area contributed by atoms with E-state index in [1.165, 1.54) is 24.3 Å². The molecule has 0 atom stereocenters. The van der Waals surface area contributed by atoms with E-state index in [1.807, 2.05) is 42.5 Å². The van der Waals surface area contributed by atoms with Crippen molar-refractivity contribution >= 4 is 21.9 Å². The molecular formula is C25H26N2O6S. The van der Waals surface area contributed by atoms with Crippen LogP contribution in [0.15, 0.2) is 83.8 Å². The normalized spacial score (nSPS) is 11.0. The smallest absolute Gasteiger partial charge is 0.338 e. The number of hydrogen-bond acceptors (Lipinski definition) is 6. The standard InChI is InChI=1S/C25H26N2O6S/c1-32-22-12-10-19(11-13-22)14-15-26-24(28)18-33-25(29)21-8-5-9-23(16-21)34(30,31)27-17-20-6-3-2-4-7-20/h2-13,16,27H,14-15,17-18H2,1H3,(H,26,28). The van der Waals surface area contributed by atoms with Gasteiger partial charge in [0.15, 0.2) is 6.61 Å². The van der Waals surface area contributed by atoms with Crippen LogP contribution in [0.2, 0.25) is 0 Å². The van der Waals surface area contributed by atoms with Gasteiger partial charge >= 0.3 is 5.97 Å². The molecule has 1 amide bonds. The zero-order valence-electron chi connectivity index (χ0n) is 18.7. The van der Waals surface area contributed by atoms with Gasteiger partial charge in [-0.25, -0.2) is 17.9 Å². The van der Waals surface area contributed by atoms with Crippen molar-refractivity contribution in [3.63, 3.8) is 0 Å². The van der Waals surface area contributed by atoms with Gasteiger partial charge in [0.2, 0.25) is 10.0 Å². The van der Waals surface area contributed by atoms with Crippen LogP contribution in [0.4, 0.5) is 0 Å². The molecule has 0 aliphatic carbocycles. The number of methoxy groups -OCH3 is 1. The summed E-state index contributed by atoms with van der Waals surface area (Å²) in [7, 11) is -2.24. The van der Waals surface area contributed by atoms with Gasteiger partial charge < -0.3 is 14.8 Å². The summed E-state index contributed by atoms with van der Waals surface area (Å²) in [5, 5.41) is 2.68. The summed E-state index contributed by atoms with van der Waals surface area (Å²) in [5.41, 5.74) is 1.87. The lowest BCUT2D eigenvalue weighted by atomic mass is 10.1. The highest BCUT2D eigenvalue weighted by Crippen LogP contribution is 2.14. The molecule has 178 valence electrons. The lowest BCUT2D eigenvalue weighted by Gasteiger charge is -2.09. The molecule has 0 unspecified atom stereocenters. The molecule has 0 radical (unpaired) electrons. The van der Waals surface area contributed by atoms with E-state index in [2.05, 4.69) is 10.0 Å². The van der Waals surface area contributed by atoms with Gasteiger partial charge in [-0.15, -0.1) is 0 Å². The lowest BCUT2D eigenvalue weighted by molar-refractivity contribution is -0.124. The van der Waals surface area contributed by atoms with Gasteiger partial charge in [-0.05, 0) is 47.9 Å². The van der Waals surface area contributed by atoms with Crippen molar-refractivity contribution in [2.24, 2.45) is 0 Å². The molecular weight excluding hydrogens is 456 g/mol. The maximum atomic E-state index is 12.6. The molecule has 0 saturated heterocycles. The number of carbonyl (C=O) groups excluding carboxylic acids is 2. The number of hydrogen-bond donors (Lipinski definition) is 2. The second-order valence-corrected chi connectivity index (χ2v) is 9.13. The fraction of sp³-hybridized carbons (Fsp3) is 0.200. The summed E-state index contributed by atoms with van der Waals surface area (Å²) in [6.45, 7) is 0.0305. The van der Waals surface area contributed by atoms with Crippen LogP contribution in [-0.4, -0.2) is 40.6 Å². The van der Waals surface area contributed by atoms with Crippen molar-refractivity contribution in [2.75, 3.05) is 20.3 Å². The molecule has 3 rings (SSSR count). The quantitative estimate of drug-likeness (QED) is 0.407. The fourth-order valence-corrected chi connectivity index (χ4v) is 4.11. The minimum absolute atomic E-state index is 0.0358. The Bertz CT molecular complexity index is 1210. The van der Waals surface area contributed by atoms with Gasteiger partial charge in [-0.1, -0.05) is 48.5 Å². The van der Waals surface area contributed by atoms with Gasteiger partial charge in [0, 0.05) is 13.1 Å². The average Bonchev–Trinajstić information content (AvgIpc) is 2.87. The topological polar surface area (TPSA) is 111 Å². The van der Waals surface area contributed by atoms with E-state index >= 15 is 0 Å². The molecule has 0 fully saturated rings. The van der Waals surface area contributed by atoms with Crippen LogP contribution in [0.25, 0.3) is 0 Å². The van der Waals surface area contributed by atoms with E-state index in [-0.39, 0.29) is 17.0 Å². The average molecular weight is 483 g/mol. The Labute approximate surface area is 199 Å². The summed E-state index contributed by atoms with van der Waals surface area (Å²) >= 11 is 0. The molecule has 0 bridgehead atoms. The first-order valence-electron chi connectivity index (χ1n) is 10.6. The third-order valence-electron chi connectivity index (χ3n) is 4.92. The van der Waals surface area contributed by atoms with Gasteiger partial charge in [-0.2, -0.15) is 0 Å². The summed E-state index contributed by atoms with van der Waals surface area (Å²) in [6.07, 6.45) is 0.611. The maximum absolute atomic E-state index is 12.6. The van der Waals surface area contributed by atoms with Crippen LogP contribution in [0, 0.1) is 0 Å². The van der Waals surface area contributed by atoms with Crippen molar-refractivity contribution < 1.29 is 27.5 Å². The van der Waals surface area contributed by atoms with E-state index in [0.29, 0.717) is 13.0 Å². The Kier molecular flexibility index (Phi) is 8.78. The zero-order chi connectivity index (χ0) is 24.4. The first-order chi connectivity index (χ1) is 16.4. The van der Waals surface area contributed by atoms with Crippen molar-refractivity contribution in [1.29, 1.82) is 0 Å². The molecule has 0 aliphatic heterocycles. The number of ether oxygens (including phenoxy) is 2. The van der Waals surface area contributed by atoms with E-state index < -0.39 is 28.5 Å². The minimum atomic E-state index is -3.83. The highest BCUT2D eigenvalue weighted by atomic mass is 32.2. The highest BCUT2D eigenvalue weighted by molar-refractivity contribution is 7.89. The van der Waals surface area contributed by atoms with Crippen LogP contribution < -0.4 is 14.8 Å². The van der Waals surface area contributed by atoms with Gasteiger partial charge in [-0.3, -0.25) is 4.79 Å². The Morgan fingerprint density at radius 2 is 1.62 bits per heavy atom. The van der Waals surface area contributed by atoms with Crippen molar-refractivity contribution in [1.82, 2.24) is 10.0 Å². The number of amides is 1. The van der Waals surface area contributed by atoms with Gasteiger partial charge in [0.05, 0.1) is 17.6 Å². The molecule has 0 spiro atoms. The monoisotopic (exact) mass is 482 g/mol. The molecule has 0 heterocycles. The third-order valence-corrected chi connectivity index (χ3v) is 6.32. The van der Waals surface area contributed by atoms with Crippen LogP contribution in [0.5, 0.6) is 5.75 Å². The number of esters is 1. The van der Waals surface area contributed by atoms with Gasteiger partial charge in [0.1, 0.15) is 5.75 Å². The Balaban J connectivity index is 1.47. The Morgan fingerprint density at radius 1 is 0.882 bits per heavy atom. The molecule has 8 nitrogen and oxygen atoms in total. The third kappa shape index (κ3) is 7.43. The predicted molar refractivity (Wildman–Crippen MR) is 127 cm³/mol. The van der Waals surface area contributed by atoms with Crippen LogP contribution in [0.1, 0.15) is 21.5 Å². The largest absolute Gasteiger partial charge is 0.497 e. The second-order valence-electron chi connectivity index (χ2n) is 7.36. The summed E-state index contributed by atoms with van der Waals surface area (Å²) in [5.74, 6) is -0.482. The van der Waals surface area contributed by atoms with E-state index in [4.69, 9.17) is 9.47 Å². The Hall–Kier alpha value is -3.69. The SMILES string of the molecule is COc1ccc(CCNC(=O)COC(=O)c2cccc(S(=O)(=O)NCc3ccccc3)c2)cc1. The molecule has 9 heteroatoms. The van der Waals surface area contributed by atoms with Crippen molar-refractivity contribution in [2.45, 2.75) is 17.9 Å². The summed E-state index contributed by atoms with van der Waals surface area (Å²) < 4.78 is 37.8. The molecule has 34 heavy (non-hydrogen) atoms. The van der Waals surface area contributed by atoms with E-state index in [1.54, 1.807) is 19.2 Å². The van der Waals surface area contributed by atoms with Gasteiger partial charge in [0.25, 0.3) is 5.91 Å².